The summed E-state index contributed by atoms with van der Waals surface area (Å²) < 4.78 is 96.8. The van der Waals surface area contributed by atoms with Crippen LogP contribution in [0.15, 0.2) is 12.2 Å². The largest absolute Gasteiger partial charge is 0.394 e. The molecule has 0 aromatic heterocycles. The number of nitrogens with one attached hydrogen (secondary N) is 4. The summed E-state index contributed by atoms with van der Waals surface area (Å²) in [6, 6.07) is -6.71. The first-order chi connectivity index (χ1) is 67.1. The molecule has 46 heteroatoms. The first kappa shape index (κ1) is 121. The van der Waals surface area contributed by atoms with Crippen molar-refractivity contribution < 1.29 is 207 Å². The fourth-order valence-electron chi connectivity index (χ4n) is 19.1. The summed E-state index contributed by atoms with van der Waals surface area (Å²) in [6.07, 6.45) is -36.2. The number of carbonyl (C=O) groups excluding carboxylic acids is 4. The van der Waals surface area contributed by atoms with Gasteiger partial charge in [0.2, 0.25) is 23.6 Å². The van der Waals surface area contributed by atoms with E-state index in [2.05, 4.69) is 35.1 Å². The number of ether oxygens (including phenoxy) is 16. The minimum absolute atomic E-state index is 0.151. The van der Waals surface area contributed by atoms with Crippen molar-refractivity contribution in [3.63, 3.8) is 0 Å². The molecule has 42 atom stereocenters. The normalized spacial score (nSPS) is 38.7. The second-order valence-corrected chi connectivity index (χ2v) is 38.4. The molecule has 16 unspecified atom stereocenters. The lowest BCUT2D eigenvalue weighted by molar-refractivity contribution is -0.396. The van der Waals surface area contributed by atoms with Gasteiger partial charge in [0.1, 0.15) is 189 Å². The quantitative estimate of drug-likeness (QED) is 0.0204. The molecular weight excluding hydrogens is 1860 g/mol. The summed E-state index contributed by atoms with van der Waals surface area (Å²) in [4.78, 5) is 52.8. The summed E-state index contributed by atoms with van der Waals surface area (Å²) in [5.74, 6) is -3.07. The highest BCUT2D eigenvalue weighted by atomic mass is 16.8. The van der Waals surface area contributed by atoms with Gasteiger partial charge in [0, 0.05) is 27.2 Å². The highest BCUT2D eigenvalue weighted by Crippen LogP contribution is 2.41. The van der Waals surface area contributed by atoms with Crippen LogP contribution in [0.25, 0.3) is 0 Å². The topological polar surface area (TPSA) is 709 Å². The monoisotopic (exact) mass is 2030 g/mol. The molecule has 0 aromatic carbocycles. The lowest BCUT2D eigenvalue weighted by Crippen LogP contribution is -2.72. The number of allylic oxidation sites excluding steroid dienone is 1. The van der Waals surface area contributed by atoms with Crippen LogP contribution >= 0.6 is 0 Å². The van der Waals surface area contributed by atoms with E-state index >= 15 is 0 Å². The highest BCUT2D eigenvalue weighted by molar-refractivity contribution is 5.76. The van der Waals surface area contributed by atoms with Crippen molar-refractivity contribution in [1.29, 1.82) is 0 Å². The van der Waals surface area contributed by atoms with Gasteiger partial charge in [-0.15, -0.1) is 0 Å². The fourth-order valence-corrected chi connectivity index (χ4v) is 19.1. The molecule has 0 aliphatic carbocycles. The molecular formula is C94H168N4O42. The molecule has 8 rings (SSSR count). The van der Waals surface area contributed by atoms with Crippen LogP contribution in [0.3, 0.4) is 0 Å². The maximum absolute atomic E-state index is 13.7. The molecule has 4 amide bonds. The van der Waals surface area contributed by atoms with Gasteiger partial charge in [-0.1, -0.05) is 206 Å². The molecule has 26 N–H and O–H groups in total. The fraction of sp³-hybridized carbons (Fsp3) is 0.936. The van der Waals surface area contributed by atoms with Gasteiger partial charge in [-0.2, -0.15) is 0 Å². The second-order valence-electron chi connectivity index (χ2n) is 38.4. The van der Waals surface area contributed by atoms with Crippen LogP contribution in [0.1, 0.15) is 247 Å². The molecule has 0 radical (unpaired) electrons. The third kappa shape index (κ3) is 35.4. The Morgan fingerprint density at radius 1 is 0.293 bits per heavy atom. The number of amides is 4. The summed E-state index contributed by atoms with van der Waals surface area (Å²) in [6.45, 7) is 0.597. The van der Waals surface area contributed by atoms with Gasteiger partial charge < -0.3 is 209 Å². The Balaban J connectivity index is 0.936. The van der Waals surface area contributed by atoms with Gasteiger partial charge in [-0.25, -0.2) is 0 Å². The van der Waals surface area contributed by atoms with E-state index in [9.17, 15) is 132 Å². The van der Waals surface area contributed by atoms with Gasteiger partial charge in [-0.3, -0.25) is 19.2 Å². The molecule has 0 spiro atoms. The van der Waals surface area contributed by atoms with Crippen molar-refractivity contribution in [2.24, 2.45) is 0 Å². The van der Waals surface area contributed by atoms with E-state index in [0.29, 0.717) is 12.8 Å². The van der Waals surface area contributed by atoms with Crippen LogP contribution in [-0.2, 0) is 95.0 Å². The Morgan fingerprint density at radius 3 is 0.993 bits per heavy atom. The van der Waals surface area contributed by atoms with Crippen LogP contribution in [-0.4, -0.2) is 446 Å². The zero-order valence-corrected chi connectivity index (χ0v) is 81.7. The average Bonchev–Trinajstić information content (AvgIpc) is 0.755. The van der Waals surface area contributed by atoms with E-state index < -0.39 is 328 Å². The lowest BCUT2D eigenvalue weighted by Gasteiger charge is -2.52. The molecule has 8 heterocycles. The van der Waals surface area contributed by atoms with Crippen LogP contribution in [0.5, 0.6) is 0 Å². The third-order valence-corrected chi connectivity index (χ3v) is 27.3. The lowest BCUT2D eigenvalue weighted by atomic mass is 9.93. The standard InChI is InChI=1S/C94H168N4O42/c1-7-9-11-13-15-17-19-21-22-23-24-25-26-28-30-32-34-36-38-40-62(110)98-53(54(109)39-37-35-33-31-29-27-20-18-16-14-12-10-8-2)48-125-90-76(121)74(119)81(60(46-104)133-90)135-93-77(122)84(68(113)56(42-100)129-93)139-88-64(96-51(5)107)72(117)80(59(45-103)131-88)134-92-78(123)86(70(115)57(43-101)128-92)140-89-65(97-52(6)108)83(137-91-75(120)73(118)66(111)49(3)126-91)82(61(47-105)132-89)136-94-79(124)85(69(114)58(44-102)130-94)138-87-63(95-50(4)106)71(116)67(112)55(41-99)127-87/h37,39,49,53-61,63-94,99-105,109,111-124H,7-36,38,40-48H2,1-6H3,(H,95,106)(H,96,107)(H,97,108)(H,98,110)/b39-37+/t49?,53-,54+,55?,56?,57?,58?,59?,60?,61?,63?,64?,65?,66+,67+,68-,69-,70-,71+,72+,73?,74+,75-,76?,77?,78?,79?,80+,81+,82+,83+,84-,85-,86-,87-,88-,89-,90+,91+,92-,93-,94-/m0/s1. The summed E-state index contributed by atoms with van der Waals surface area (Å²) in [7, 11) is 0. The van der Waals surface area contributed by atoms with Crippen LogP contribution < -0.4 is 21.3 Å². The zero-order chi connectivity index (χ0) is 102. The Kier molecular flexibility index (Phi) is 54.7. The molecule has 8 aliphatic heterocycles. The highest BCUT2D eigenvalue weighted by Gasteiger charge is 2.61. The first-order valence-electron chi connectivity index (χ1n) is 50.8. The van der Waals surface area contributed by atoms with Crippen molar-refractivity contribution in [2.45, 2.75) is 505 Å². The van der Waals surface area contributed by atoms with E-state index in [0.717, 1.165) is 72.1 Å². The molecule has 0 bridgehead atoms. The second kappa shape index (κ2) is 63.2. The minimum Gasteiger partial charge on any atom is -0.394 e. The number of rotatable bonds is 62. The van der Waals surface area contributed by atoms with Crippen molar-refractivity contribution in [3.8, 4) is 0 Å². The predicted octanol–water partition coefficient (Wildman–Crippen LogP) is -4.04. The summed E-state index contributed by atoms with van der Waals surface area (Å²) >= 11 is 0. The summed E-state index contributed by atoms with van der Waals surface area (Å²) in [5.41, 5.74) is 0. The number of hydrogen-bond acceptors (Lipinski definition) is 42. The van der Waals surface area contributed by atoms with Crippen molar-refractivity contribution in [3.05, 3.63) is 12.2 Å². The molecule has 816 valence electrons. The van der Waals surface area contributed by atoms with Gasteiger partial charge in [0.15, 0.2) is 50.3 Å². The van der Waals surface area contributed by atoms with Crippen LogP contribution in [0.4, 0.5) is 0 Å². The van der Waals surface area contributed by atoms with Crippen LogP contribution in [0, 0.1) is 0 Å². The Labute approximate surface area is 818 Å². The molecule has 140 heavy (non-hydrogen) atoms. The van der Waals surface area contributed by atoms with Gasteiger partial charge in [-0.05, 0) is 26.2 Å². The number of aliphatic hydroxyl groups excluding tert-OH is 22. The predicted molar refractivity (Wildman–Crippen MR) is 488 cm³/mol. The maximum atomic E-state index is 13.7. The molecule has 8 fully saturated rings. The van der Waals surface area contributed by atoms with Crippen molar-refractivity contribution in [2.75, 3.05) is 52.9 Å². The molecule has 46 nitrogen and oxygen atoms in total. The molecule has 8 saturated heterocycles. The molecule has 8 aliphatic rings. The van der Waals surface area contributed by atoms with E-state index in [1.807, 2.05) is 6.08 Å². The van der Waals surface area contributed by atoms with E-state index in [1.54, 1.807) is 6.08 Å². The smallest absolute Gasteiger partial charge is 0.220 e. The van der Waals surface area contributed by atoms with E-state index in [4.69, 9.17) is 75.8 Å². The number of unbranched alkanes of at least 4 members (excludes halogenated alkanes) is 29. The maximum Gasteiger partial charge on any atom is 0.220 e. The van der Waals surface area contributed by atoms with E-state index in [1.165, 1.54) is 142 Å². The zero-order valence-electron chi connectivity index (χ0n) is 81.7. The first-order valence-corrected chi connectivity index (χ1v) is 50.8. The summed E-state index contributed by atoms with van der Waals surface area (Å²) in [5, 5.41) is 260. The van der Waals surface area contributed by atoms with Crippen molar-refractivity contribution >= 4 is 23.6 Å². The van der Waals surface area contributed by atoms with Crippen LogP contribution in [0.2, 0.25) is 0 Å². The minimum atomic E-state index is -2.41. The SMILES string of the molecule is CCCCCCCCCCCCC/C=C/[C@@H](O)[C@H](CO[C@@H]1OC(CO)[C@@H](O[C@@H]2OC(CO)[C@H](O)[C@H](O[C@@H]3OC(CO)[C@@H](O[C@@H]4OC(CO)[C@H](O)[C@H](O[C@@H]5OC(CO)[C@@H](O[C@@H]6OC(CO)[C@H](O)[C@H](O[C@@H]7OC(CO)[C@@H](O)[C@H](O)C7NC(C)=O)C6O)[C@H](O[C@H]6OC(C)[C@@H](O)C(O)[C@@H]6O)C5NC(C)=O)C4O)[C@H](O)C3NC(C)=O)C2O)[C@H](O)C1O)NC(=O)CCCCCCCCCCCCCCCCCCCCC. The Bertz CT molecular complexity index is 3460. The number of aliphatic hydroxyl groups is 22. The van der Waals surface area contributed by atoms with Gasteiger partial charge in [0.25, 0.3) is 0 Å². The molecule has 0 aromatic rings. The number of hydrogen-bond donors (Lipinski definition) is 26. The number of carbonyl (C=O) groups is 4. The Morgan fingerprint density at radius 2 is 0.593 bits per heavy atom. The Hall–Kier alpha value is -3.90. The van der Waals surface area contributed by atoms with E-state index in [-0.39, 0.29) is 12.3 Å². The van der Waals surface area contributed by atoms with Gasteiger partial charge in [0.05, 0.1) is 71.1 Å². The third-order valence-electron chi connectivity index (χ3n) is 27.3. The average molecular weight is 2030 g/mol. The van der Waals surface area contributed by atoms with Crippen molar-refractivity contribution in [1.82, 2.24) is 21.3 Å². The molecule has 0 saturated carbocycles. The van der Waals surface area contributed by atoms with Gasteiger partial charge >= 0.3 is 0 Å².